The van der Waals surface area contributed by atoms with Gasteiger partial charge in [-0.1, -0.05) is 0 Å². The molecule has 0 rings (SSSR count). The Morgan fingerprint density at radius 2 is 1.50 bits per heavy atom. The molecule has 49 valence electrons. The van der Waals surface area contributed by atoms with Gasteiger partial charge >= 0.3 is 5.97 Å². The smallest absolute Gasteiger partial charge is 0.308 e. The van der Waals surface area contributed by atoms with Gasteiger partial charge in [0, 0.05) is 20.4 Å². The van der Waals surface area contributed by atoms with Crippen LogP contribution in [0.4, 0.5) is 0 Å². The van der Waals surface area contributed by atoms with Gasteiger partial charge in [0.2, 0.25) is 0 Å². The first kappa shape index (κ1) is 11.0. The average molecular weight is 288 g/mol. The third-order valence-corrected chi connectivity index (χ3v) is 0.642. The quantitative estimate of drug-likeness (QED) is 0.725. The second kappa shape index (κ2) is 3.22. The first-order chi connectivity index (χ1) is 2.94. The van der Waals surface area contributed by atoms with Crippen LogP contribution in [0, 0.1) is 5.41 Å². The number of carboxylic acids is 1. The van der Waals surface area contributed by atoms with E-state index in [0.29, 0.717) is 0 Å². The van der Waals surface area contributed by atoms with Gasteiger partial charge in [-0.15, -0.1) is 0 Å². The number of carboxylic acid groups (broad SMARTS) is 1. The van der Waals surface area contributed by atoms with E-state index in [-0.39, 0.29) is 20.4 Å². The summed E-state index contributed by atoms with van der Waals surface area (Å²) < 4.78 is 0. The van der Waals surface area contributed by atoms with Gasteiger partial charge in [-0.25, -0.2) is 0 Å². The van der Waals surface area contributed by atoms with Crippen LogP contribution in [0.25, 0.3) is 0 Å². The molecule has 1 radical (unpaired) electrons. The summed E-state index contributed by atoms with van der Waals surface area (Å²) in [6.45, 7) is 4.99. The molecule has 0 aromatic rings. The van der Waals surface area contributed by atoms with Crippen molar-refractivity contribution >= 4 is 5.97 Å². The van der Waals surface area contributed by atoms with Crippen molar-refractivity contribution in [3.8, 4) is 0 Å². The van der Waals surface area contributed by atoms with Crippen LogP contribution >= 0.6 is 0 Å². The molecule has 0 aromatic heterocycles. The summed E-state index contributed by atoms with van der Waals surface area (Å²) in [7, 11) is 0. The minimum Gasteiger partial charge on any atom is -0.481 e. The first-order valence-electron chi connectivity index (χ1n) is 2.18. The zero-order valence-corrected chi connectivity index (χ0v) is 7.95. The van der Waals surface area contributed by atoms with E-state index in [0.717, 1.165) is 0 Å². The Morgan fingerprint density at radius 1 is 1.38 bits per heavy atom. The molecule has 0 bridgehead atoms. The number of aliphatic carboxylic acids is 1. The van der Waals surface area contributed by atoms with Crippen molar-refractivity contribution in [2.45, 2.75) is 20.8 Å². The third kappa shape index (κ3) is 4.30. The molecule has 0 saturated heterocycles. The topological polar surface area (TPSA) is 37.3 Å². The van der Waals surface area contributed by atoms with Gasteiger partial charge in [0.25, 0.3) is 0 Å². The van der Waals surface area contributed by atoms with E-state index in [2.05, 4.69) is 0 Å². The zero-order valence-electron chi connectivity index (χ0n) is 5.23. The molecule has 8 heavy (non-hydrogen) atoms. The monoisotopic (exact) mass is 289 g/mol. The van der Waals surface area contributed by atoms with Crippen molar-refractivity contribution in [1.29, 1.82) is 0 Å². The number of hydrogen-bond donors (Lipinski definition) is 1. The molecule has 0 aliphatic heterocycles. The van der Waals surface area contributed by atoms with Crippen molar-refractivity contribution in [3.05, 3.63) is 0 Å². The molecule has 0 spiro atoms. The summed E-state index contributed by atoms with van der Waals surface area (Å²) in [6.07, 6.45) is 0. The van der Waals surface area contributed by atoms with Gasteiger partial charge in [0.1, 0.15) is 0 Å². The second-order valence-electron chi connectivity index (χ2n) is 2.56. The summed E-state index contributed by atoms with van der Waals surface area (Å²) in [4.78, 5) is 10.0. The first-order valence-corrected chi connectivity index (χ1v) is 2.18. The van der Waals surface area contributed by atoms with Gasteiger partial charge in [0.15, 0.2) is 0 Å². The number of rotatable bonds is 0. The van der Waals surface area contributed by atoms with E-state index in [4.69, 9.17) is 5.11 Å². The third-order valence-electron chi connectivity index (χ3n) is 0.642. The Balaban J connectivity index is 0. The Morgan fingerprint density at radius 3 is 1.50 bits per heavy atom. The SMILES string of the molecule is CC(C)(C)C(=O)O.[Re]. The summed E-state index contributed by atoms with van der Waals surface area (Å²) in [5, 5.41) is 8.25. The molecule has 0 fully saturated rings. The molecule has 0 heterocycles. The molecule has 1 N–H and O–H groups in total. The minimum atomic E-state index is -0.757. The van der Waals surface area contributed by atoms with Crippen LogP contribution in [0.3, 0.4) is 0 Å². The van der Waals surface area contributed by atoms with E-state index in [1.807, 2.05) is 0 Å². The fraction of sp³-hybridized carbons (Fsp3) is 0.800. The Bertz CT molecular complexity index is 82.9. The number of carbonyl (C=O) groups is 1. The van der Waals surface area contributed by atoms with Crippen LogP contribution < -0.4 is 0 Å². The van der Waals surface area contributed by atoms with Crippen molar-refractivity contribution in [3.63, 3.8) is 0 Å². The molecule has 0 aliphatic rings. The molecule has 0 unspecified atom stereocenters. The maximum atomic E-state index is 10.0. The van der Waals surface area contributed by atoms with Crippen LogP contribution in [0.2, 0.25) is 0 Å². The molecule has 0 aliphatic carbocycles. The number of hydrogen-bond acceptors (Lipinski definition) is 1. The molecule has 3 heteroatoms. The van der Waals surface area contributed by atoms with E-state index in [1.165, 1.54) is 0 Å². The fourth-order valence-corrected chi connectivity index (χ4v) is 0. The predicted molar refractivity (Wildman–Crippen MR) is 27.1 cm³/mol. The van der Waals surface area contributed by atoms with Crippen LogP contribution in [-0.4, -0.2) is 11.1 Å². The maximum absolute atomic E-state index is 10.0. The van der Waals surface area contributed by atoms with Crippen molar-refractivity contribution in [1.82, 2.24) is 0 Å². The van der Waals surface area contributed by atoms with E-state index >= 15 is 0 Å². The molecule has 0 atom stereocenters. The van der Waals surface area contributed by atoms with Crippen molar-refractivity contribution in [2.24, 2.45) is 5.41 Å². The molecule has 0 saturated carbocycles. The molecule has 2 nitrogen and oxygen atoms in total. The van der Waals surface area contributed by atoms with E-state index in [1.54, 1.807) is 20.8 Å². The van der Waals surface area contributed by atoms with Gasteiger partial charge in [-0.2, -0.15) is 0 Å². The van der Waals surface area contributed by atoms with Crippen LogP contribution in [-0.2, 0) is 25.2 Å². The van der Waals surface area contributed by atoms with Gasteiger partial charge < -0.3 is 5.11 Å². The van der Waals surface area contributed by atoms with Crippen molar-refractivity contribution in [2.75, 3.05) is 0 Å². The molecular formula is C5H10O2Re. The second-order valence-corrected chi connectivity index (χ2v) is 2.56. The zero-order chi connectivity index (χ0) is 6.08. The largest absolute Gasteiger partial charge is 0.481 e. The summed E-state index contributed by atoms with van der Waals surface area (Å²) in [5.41, 5.74) is -0.583. The Hall–Kier alpha value is 0.132. The molecule has 0 aromatic carbocycles. The van der Waals surface area contributed by atoms with Crippen LogP contribution in [0.15, 0.2) is 0 Å². The average Bonchev–Trinajstić information content (AvgIpc) is 1.31. The normalized spacial score (nSPS) is 9.88. The van der Waals surface area contributed by atoms with Crippen molar-refractivity contribution < 1.29 is 30.3 Å². The summed E-state index contributed by atoms with van der Waals surface area (Å²) in [6, 6.07) is 0. The van der Waals surface area contributed by atoms with Gasteiger partial charge in [-0.3, -0.25) is 4.79 Å². The van der Waals surface area contributed by atoms with E-state index < -0.39 is 11.4 Å². The minimum absolute atomic E-state index is 0. The maximum Gasteiger partial charge on any atom is 0.308 e. The molecule has 0 amide bonds. The standard InChI is InChI=1S/C5H10O2.Re/c1-5(2,3)4(6)7;/h1-3H3,(H,6,7);. The summed E-state index contributed by atoms with van der Waals surface area (Å²) in [5.74, 6) is -0.757. The van der Waals surface area contributed by atoms with Crippen LogP contribution in [0.5, 0.6) is 0 Å². The fourth-order valence-electron chi connectivity index (χ4n) is 0. The summed E-state index contributed by atoms with van der Waals surface area (Å²) >= 11 is 0. The Labute approximate surface area is 62.9 Å². The van der Waals surface area contributed by atoms with Gasteiger partial charge in [0.05, 0.1) is 5.41 Å². The van der Waals surface area contributed by atoms with Crippen LogP contribution in [0.1, 0.15) is 20.8 Å². The predicted octanol–water partition coefficient (Wildman–Crippen LogP) is 1.11. The van der Waals surface area contributed by atoms with E-state index in [9.17, 15) is 4.79 Å². The van der Waals surface area contributed by atoms with Gasteiger partial charge in [-0.05, 0) is 20.8 Å². The Kier molecular flexibility index (Phi) is 4.42. The molecular weight excluding hydrogens is 278 g/mol.